The highest BCUT2D eigenvalue weighted by Crippen LogP contribution is 2.24. The Kier molecular flexibility index (Phi) is 3.60. The molecule has 0 spiro atoms. The van der Waals surface area contributed by atoms with Crippen molar-refractivity contribution in [3.05, 3.63) is 22.9 Å². The number of nitriles is 1. The lowest BCUT2D eigenvalue weighted by Crippen LogP contribution is -2.16. The van der Waals surface area contributed by atoms with E-state index in [1.807, 2.05) is 13.0 Å². The van der Waals surface area contributed by atoms with E-state index >= 15 is 0 Å². The van der Waals surface area contributed by atoms with Crippen molar-refractivity contribution in [3.8, 4) is 6.07 Å². The zero-order valence-electron chi connectivity index (χ0n) is 10.0. The number of aliphatic hydroxyl groups is 1. The predicted octanol–water partition coefficient (Wildman–Crippen LogP) is 1.48. The number of aliphatic hydroxyl groups excluding tert-OH is 1. The molecule has 2 rings (SSSR count). The summed E-state index contributed by atoms with van der Waals surface area (Å²) in [5, 5.41) is 21.2. The molecule has 1 aromatic heterocycles. The summed E-state index contributed by atoms with van der Waals surface area (Å²) < 4.78 is 0. The standard InChI is InChI=1S/C13H17N3O/c1-9(8-17)7-15-13-11(6-14)5-10-3-2-4-12(10)16-13/h5,9,17H,2-4,7-8H2,1H3,(H,15,16). The zero-order valence-corrected chi connectivity index (χ0v) is 10.0. The van der Waals surface area contributed by atoms with Crippen molar-refractivity contribution >= 4 is 5.82 Å². The number of hydrogen-bond acceptors (Lipinski definition) is 4. The molecule has 0 fully saturated rings. The van der Waals surface area contributed by atoms with Gasteiger partial charge in [0.05, 0.1) is 5.56 Å². The van der Waals surface area contributed by atoms with Crippen molar-refractivity contribution in [1.82, 2.24) is 4.98 Å². The first-order chi connectivity index (χ1) is 8.24. The Hall–Kier alpha value is -1.60. The molecule has 17 heavy (non-hydrogen) atoms. The number of hydrogen-bond donors (Lipinski definition) is 2. The Morgan fingerprint density at radius 2 is 2.41 bits per heavy atom. The second-order valence-corrected chi connectivity index (χ2v) is 4.62. The molecule has 1 aliphatic rings. The number of aryl methyl sites for hydroxylation is 2. The highest BCUT2D eigenvalue weighted by Gasteiger charge is 2.16. The lowest BCUT2D eigenvalue weighted by molar-refractivity contribution is 0.244. The topological polar surface area (TPSA) is 68.9 Å². The molecule has 2 N–H and O–H groups in total. The third-order valence-electron chi connectivity index (χ3n) is 3.10. The van der Waals surface area contributed by atoms with E-state index in [9.17, 15) is 0 Å². The van der Waals surface area contributed by atoms with Gasteiger partial charge in [0.1, 0.15) is 11.9 Å². The molecule has 0 aliphatic heterocycles. The number of fused-ring (bicyclic) bond motifs is 1. The summed E-state index contributed by atoms with van der Waals surface area (Å²) in [6.07, 6.45) is 3.17. The first kappa shape index (κ1) is 11.9. The molecule has 4 nitrogen and oxygen atoms in total. The first-order valence-corrected chi connectivity index (χ1v) is 6.02. The van der Waals surface area contributed by atoms with Crippen molar-refractivity contribution in [2.45, 2.75) is 26.2 Å². The van der Waals surface area contributed by atoms with Crippen molar-refractivity contribution in [1.29, 1.82) is 5.26 Å². The van der Waals surface area contributed by atoms with Crippen LogP contribution in [0.15, 0.2) is 6.07 Å². The second-order valence-electron chi connectivity index (χ2n) is 4.62. The van der Waals surface area contributed by atoms with Gasteiger partial charge in [-0.1, -0.05) is 6.92 Å². The normalized spacial score (nSPS) is 15.1. The highest BCUT2D eigenvalue weighted by atomic mass is 16.3. The van der Waals surface area contributed by atoms with Crippen molar-refractivity contribution < 1.29 is 5.11 Å². The monoisotopic (exact) mass is 231 g/mol. The summed E-state index contributed by atoms with van der Waals surface area (Å²) in [5.41, 5.74) is 2.93. The van der Waals surface area contributed by atoms with Gasteiger partial charge in [-0.25, -0.2) is 4.98 Å². The molecular formula is C13H17N3O. The van der Waals surface area contributed by atoms with Crippen LogP contribution < -0.4 is 5.32 Å². The van der Waals surface area contributed by atoms with Gasteiger partial charge < -0.3 is 10.4 Å². The minimum Gasteiger partial charge on any atom is -0.396 e. The number of nitrogens with one attached hydrogen (secondary N) is 1. The molecule has 1 aliphatic carbocycles. The SMILES string of the molecule is CC(CO)CNc1nc2c(cc1C#N)CCC2. The average molecular weight is 231 g/mol. The maximum atomic E-state index is 9.09. The molecule has 0 radical (unpaired) electrons. The number of anilines is 1. The van der Waals surface area contributed by atoms with Crippen LogP contribution in [0.1, 0.15) is 30.2 Å². The van der Waals surface area contributed by atoms with Crippen molar-refractivity contribution in [2.75, 3.05) is 18.5 Å². The number of rotatable bonds is 4. The highest BCUT2D eigenvalue weighted by molar-refractivity contribution is 5.55. The van der Waals surface area contributed by atoms with Crippen LogP contribution in [0.5, 0.6) is 0 Å². The average Bonchev–Trinajstić information content (AvgIpc) is 2.81. The van der Waals surface area contributed by atoms with E-state index < -0.39 is 0 Å². The summed E-state index contributed by atoms with van der Waals surface area (Å²) in [6, 6.07) is 4.13. The van der Waals surface area contributed by atoms with Gasteiger partial charge in [-0.05, 0) is 36.8 Å². The largest absolute Gasteiger partial charge is 0.396 e. The van der Waals surface area contributed by atoms with Crippen LogP contribution in [0, 0.1) is 17.2 Å². The quantitative estimate of drug-likeness (QED) is 0.823. The van der Waals surface area contributed by atoms with Crippen LogP contribution in [0.3, 0.4) is 0 Å². The molecule has 1 heterocycles. The van der Waals surface area contributed by atoms with Crippen molar-refractivity contribution in [2.24, 2.45) is 5.92 Å². The Morgan fingerprint density at radius 1 is 1.59 bits per heavy atom. The molecule has 4 heteroatoms. The lowest BCUT2D eigenvalue weighted by atomic mass is 10.1. The van der Waals surface area contributed by atoms with E-state index in [1.54, 1.807) is 0 Å². The number of nitrogens with zero attached hydrogens (tertiary/aromatic N) is 2. The Morgan fingerprint density at radius 3 is 3.12 bits per heavy atom. The first-order valence-electron chi connectivity index (χ1n) is 6.02. The molecule has 0 saturated carbocycles. The Bertz CT molecular complexity index is 451. The summed E-state index contributed by atoms with van der Waals surface area (Å²) in [6.45, 7) is 2.73. The molecular weight excluding hydrogens is 214 g/mol. The maximum Gasteiger partial charge on any atom is 0.144 e. The number of pyridine rings is 1. The Labute approximate surface area is 101 Å². The fraction of sp³-hybridized carbons (Fsp3) is 0.538. The third kappa shape index (κ3) is 2.56. The van der Waals surface area contributed by atoms with Gasteiger partial charge in [0, 0.05) is 18.8 Å². The number of aromatic nitrogens is 1. The molecule has 1 atom stereocenters. The molecule has 0 aromatic carbocycles. The third-order valence-corrected chi connectivity index (χ3v) is 3.10. The van der Waals surface area contributed by atoms with Crippen LogP contribution in [-0.2, 0) is 12.8 Å². The molecule has 1 unspecified atom stereocenters. The fourth-order valence-corrected chi connectivity index (χ4v) is 2.03. The van der Waals surface area contributed by atoms with Gasteiger partial charge >= 0.3 is 0 Å². The molecule has 90 valence electrons. The van der Waals surface area contributed by atoms with E-state index in [4.69, 9.17) is 10.4 Å². The maximum absolute atomic E-state index is 9.09. The van der Waals surface area contributed by atoms with E-state index in [0.29, 0.717) is 17.9 Å². The molecule has 0 saturated heterocycles. The molecule has 0 bridgehead atoms. The molecule has 0 amide bonds. The second kappa shape index (κ2) is 5.15. The van der Waals surface area contributed by atoms with Gasteiger partial charge in [0.25, 0.3) is 0 Å². The Balaban J connectivity index is 2.18. The van der Waals surface area contributed by atoms with Gasteiger partial charge in [0.15, 0.2) is 0 Å². The van der Waals surface area contributed by atoms with Crippen LogP contribution in [0.4, 0.5) is 5.82 Å². The summed E-state index contributed by atoms with van der Waals surface area (Å²) in [5.74, 6) is 0.824. The minimum atomic E-state index is 0.139. The van der Waals surface area contributed by atoms with Crippen molar-refractivity contribution in [3.63, 3.8) is 0 Å². The van der Waals surface area contributed by atoms with Gasteiger partial charge in [-0.15, -0.1) is 0 Å². The van der Waals surface area contributed by atoms with Gasteiger partial charge in [-0.2, -0.15) is 5.26 Å². The summed E-state index contributed by atoms with van der Waals surface area (Å²) in [7, 11) is 0. The fourth-order valence-electron chi connectivity index (χ4n) is 2.03. The summed E-state index contributed by atoms with van der Waals surface area (Å²) >= 11 is 0. The zero-order chi connectivity index (χ0) is 12.3. The van der Waals surface area contributed by atoms with Gasteiger partial charge in [0.2, 0.25) is 0 Å². The molecule has 1 aromatic rings. The van der Waals surface area contributed by atoms with Crippen LogP contribution in [0.25, 0.3) is 0 Å². The van der Waals surface area contributed by atoms with Crippen LogP contribution >= 0.6 is 0 Å². The van der Waals surface area contributed by atoms with Gasteiger partial charge in [-0.3, -0.25) is 0 Å². The van der Waals surface area contributed by atoms with Crippen LogP contribution in [0.2, 0.25) is 0 Å². The predicted molar refractivity (Wildman–Crippen MR) is 65.7 cm³/mol. The van der Waals surface area contributed by atoms with E-state index in [0.717, 1.165) is 25.0 Å². The van der Waals surface area contributed by atoms with E-state index in [-0.39, 0.29) is 12.5 Å². The van der Waals surface area contributed by atoms with Crippen LogP contribution in [-0.4, -0.2) is 23.2 Å². The summed E-state index contributed by atoms with van der Waals surface area (Å²) in [4.78, 5) is 4.52. The van der Waals surface area contributed by atoms with E-state index in [1.165, 1.54) is 5.56 Å². The lowest BCUT2D eigenvalue weighted by Gasteiger charge is -2.12. The smallest absolute Gasteiger partial charge is 0.144 e. The minimum absolute atomic E-state index is 0.139. The van der Waals surface area contributed by atoms with E-state index in [2.05, 4.69) is 16.4 Å².